The van der Waals surface area contributed by atoms with E-state index in [1.54, 1.807) is 0 Å². The summed E-state index contributed by atoms with van der Waals surface area (Å²) in [5.74, 6) is 0. The average molecular weight is 1330 g/mol. The molecule has 2 aromatic heterocycles. The van der Waals surface area contributed by atoms with Gasteiger partial charge in [-0.1, -0.05) is 296 Å². The Hall–Kier alpha value is -10.5. The zero-order chi connectivity index (χ0) is 67.8. The van der Waals surface area contributed by atoms with Gasteiger partial charge in [0.25, 0.3) is 0 Å². The van der Waals surface area contributed by atoms with Crippen LogP contribution in [0, 0.1) is 0 Å². The number of para-hydroxylation sites is 2. The highest BCUT2D eigenvalue weighted by Gasteiger charge is 2.47. The van der Waals surface area contributed by atoms with E-state index >= 15 is 0 Å². The van der Waals surface area contributed by atoms with Crippen molar-refractivity contribution in [3.05, 3.63) is 296 Å². The Bertz CT molecular complexity index is 5940. The molecule has 16 aromatic rings. The van der Waals surface area contributed by atoms with Crippen LogP contribution in [-0.2, 0) is 5.41 Å². The maximum Gasteiger partial charge on any atom is 0.159 e. The molecule has 2 aliphatic carbocycles. The maximum atomic E-state index is 7.25. The summed E-state index contributed by atoms with van der Waals surface area (Å²) in [5.41, 5.74) is 20.0. The molecule has 100 heavy (non-hydrogen) atoms. The van der Waals surface area contributed by atoms with E-state index in [9.17, 15) is 0 Å². The van der Waals surface area contributed by atoms with Gasteiger partial charge < -0.3 is 18.6 Å². The highest BCUT2D eigenvalue weighted by atomic mass is 28.3. The molecular formula is C94H81N2O2Si2. The van der Waals surface area contributed by atoms with Crippen molar-refractivity contribution in [2.45, 2.75) is 102 Å². The molecule has 14 aromatic carbocycles. The largest absolute Gasteiger partial charge is 0.454 e. The molecular weight excluding hydrogens is 1250 g/mol. The second kappa shape index (κ2) is 23.6. The van der Waals surface area contributed by atoms with E-state index in [-0.39, 0.29) is 15.5 Å². The Morgan fingerprint density at radius 3 is 1.49 bits per heavy atom. The van der Waals surface area contributed by atoms with Crippen molar-refractivity contribution in [2.75, 3.05) is 9.80 Å². The molecule has 0 amide bonds. The predicted molar refractivity (Wildman–Crippen MR) is 431 cm³/mol. The van der Waals surface area contributed by atoms with Crippen LogP contribution in [0.5, 0.6) is 0 Å². The Kier molecular flexibility index (Phi) is 14.6. The van der Waals surface area contributed by atoms with Gasteiger partial charge in [-0.05, 0) is 173 Å². The first-order valence-corrected chi connectivity index (χ1v) is 40.4. The minimum absolute atomic E-state index is 0.0874. The number of rotatable bonds is 11. The third-order valence-electron chi connectivity index (χ3n) is 23.3. The van der Waals surface area contributed by atoms with Crippen molar-refractivity contribution in [1.82, 2.24) is 0 Å². The van der Waals surface area contributed by atoms with Crippen molar-refractivity contribution in [3.8, 4) is 33.4 Å². The summed E-state index contributed by atoms with van der Waals surface area (Å²) in [6.07, 6.45) is 5.60. The van der Waals surface area contributed by atoms with Crippen molar-refractivity contribution in [2.24, 2.45) is 0 Å². The summed E-state index contributed by atoms with van der Waals surface area (Å²) in [7, 11) is -3.00. The van der Waals surface area contributed by atoms with Gasteiger partial charge >= 0.3 is 0 Å². The molecule has 0 N–H and O–H groups in total. The molecule has 1 spiro atoms. The Balaban J connectivity index is 0.800. The topological polar surface area (TPSA) is 32.8 Å². The highest BCUT2D eigenvalue weighted by molar-refractivity contribution is 7.03. The lowest BCUT2D eigenvalue weighted by Crippen LogP contribution is -2.61. The van der Waals surface area contributed by atoms with Crippen molar-refractivity contribution in [3.63, 3.8) is 0 Å². The zero-order valence-electron chi connectivity index (χ0n) is 58.4. The quantitative estimate of drug-likeness (QED) is 0.121. The Morgan fingerprint density at radius 2 is 0.870 bits per heavy atom. The maximum absolute atomic E-state index is 7.25. The van der Waals surface area contributed by atoms with Gasteiger partial charge in [0.2, 0.25) is 0 Å². The second-order valence-electron chi connectivity index (χ2n) is 30.7. The number of hydrogen-bond acceptors (Lipinski definition) is 4. The van der Waals surface area contributed by atoms with Gasteiger partial charge in [-0.3, -0.25) is 0 Å². The molecule has 6 heteroatoms. The van der Waals surface area contributed by atoms with Gasteiger partial charge in [0.15, 0.2) is 11.2 Å². The third-order valence-corrected chi connectivity index (χ3v) is 32.7. The molecule has 487 valence electrons. The molecule has 4 nitrogen and oxygen atoms in total. The lowest BCUT2D eigenvalue weighted by Gasteiger charge is -2.41. The van der Waals surface area contributed by atoms with E-state index in [2.05, 4.69) is 350 Å². The van der Waals surface area contributed by atoms with E-state index in [1.165, 1.54) is 98.8 Å². The number of furan rings is 2. The smallest absolute Gasteiger partial charge is 0.159 e. The zero-order valence-corrected chi connectivity index (χ0v) is 60.4. The van der Waals surface area contributed by atoms with Gasteiger partial charge in [-0.25, -0.2) is 0 Å². The van der Waals surface area contributed by atoms with Crippen LogP contribution in [0.15, 0.2) is 294 Å². The molecule has 18 rings (SSSR count). The summed E-state index contributed by atoms with van der Waals surface area (Å²) in [5, 5.41) is 16.4. The van der Waals surface area contributed by atoms with Gasteiger partial charge in [-0.15, -0.1) is 0 Å². The van der Waals surface area contributed by atoms with Crippen LogP contribution < -0.4 is 25.4 Å². The predicted octanol–water partition coefficient (Wildman–Crippen LogP) is 25.6. The summed E-state index contributed by atoms with van der Waals surface area (Å²) in [6.45, 7) is 19.4. The monoisotopic (exact) mass is 1330 g/mol. The van der Waals surface area contributed by atoms with Crippen LogP contribution in [0.3, 0.4) is 0 Å². The molecule has 1 saturated carbocycles. The molecule has 1 radical (unpaired) electrons. The fourth-order valence-corrected chi connectivity index (χ4v) is 22.6. The normalized spacial score (nSPS) is 14.4. The first-order chi connectivity index (χ1) is 48.6. The van der Waals surface area contributed by atoms with Crippen LogP contribution in [0.25, 0.3) is 110 Å². The Morgan fingerprint density at radius 1 is 0.370 bits per heavy atom. The average Bonchev–Trinajstić information content (AvgIpc) is 1.53. The summed E-state index contributed by atoms with van der Waals surface area (Å²) >= 11 is 0. The van der Waals surface area contributed by atoms with Crippen LogP contribution >= 0.6 is 0 Å². The standard InChI is InChI=1S/C94H81N2O2Si2/c1-92(2,3)99(7)72-31-21-29-65(55-72)67-43-49-88-80(57-67)78-38-24-40-85(91(78)98-88)96(70-46-42-62-26-14-16-28-64(62)54-70)86-60-83-89(76-36-18-17-35-75(76)86)79-48-47-71(59-82(79)94(83)51-19-10-20-52-94)95(69-45-41-61-25-13-15-27-63(61)53-69)84-39-23-37-77-81-58-68(44-50-87(81)97-90(77)84)66-30-22-34-74(56-66)100(8,93(4,5)6)73-32-11-9-12-33-73/h9,11-18,21-50,53-60H,10,19-20,51-52H2,1-8H3. The first-order valence-electron chi connectivity index (χ1n) is 35.9. The highest BCUT2D eigenvalue weighted by Crippen LogP contribution is 2.61. The van der Waals surface area contributed by atoms with Crippen LogP contribution in [-0.4, -0.2) is 16.9 Å². The van der Waals surface area contributed by atoms with Crippen LogP contribution in [0.4, 0.5) is 34.1 Å². The molecule has 1 fully saturated rings. The fourth-order valence-electron chi connectivity index (χ4n) is 17.3. The van der Waals surface area contributed by atoms with E-state index < -0.39 is 16.9 Å². The van der Waals surface area contributed by atoms with E-state index in [0.717, 1.165) is 104 Å². The molecule has 1 unspecified atom stereocenters. The lowest BCUT2D eigenvalue weighted by atomic mass is 9.67. The van der Waals surface area contributed by atoms with Gasteiger partial charge in [0.05, 0.1) is 25.9 Å². The molecule has 2 aliphatic rings. The van der Waals surface area contributed by atoms with Crippen molar-refractivity contribution in [1.29, 1.82) is 0 Å². The first kappa shape index (κ1) is 61.8. The number of nitrogens with zero attached hydrogens (tertiary/aromatic N) is 2. The van der Waals surface area contributed by atoms with Crippen LogP contribution in [0.2, 0.25) is 23.2 Å². The molecule has 0 saturated heterocycles. The van der Waals surface area contributed by atoms with Gasteiger partial charge in [0, 0.05) is 49.4 Å². The SMILES string of the molecule is C[Si](c1cccc(-c2ccc3oc4c(N(c5ccc6ccccc6c5)c5cc6c(c7ccccc57)-c5ccc(N(c7ccc8ccccc8c7)c7cccc8c7oc7ccc(-c9cccc([Si](C)(c%10ccccc%10)C(C)(C)C)c9)cc78)cc5C65CCCCC5)cccc4c3c2)c1)C(C)(C)C. The van der Waals surface area contributed by atoms with Gasteiger partial charge in [-0.2, -0.15) is 0 Å². The lowest BCUT2D eigenvalue weighted by molar-refractivity contribution is 0.353. The number of fused-ring (bicyclic) bond motifs is 15. The number of hydrogen-bond donors (Lipinski definition) is 0. The number of anilines is 6. The fraction of sp³-hybridized carbons (Fsp3) is 0.170. The second-order valence-corrected chi connectivity index (χ2v) is 38.9. The summed E-state index contributed by atoms with van der Waals surface area (Å²) in [6, 6.07) is 108. The molecule has 2 heterocycles. The molecule has 0 aliphatic heterocycles. The van der Waals surface area contributed by atoms with Crippen molar-refractivity contribution >= 4 is 143 Å². The van der Waals surface area contributed by atoms with Crippen molar-refractivity contribution < 1.29 is 8.83 Å². The van der Waals surface area contributed by atoms with Crippen LogP contribution in [0.1, 0.15) is 84.8 Å². The van der Waals surface area contributed by atoms with E-state index in [0.29, 0.717) is 0 Å². The minimum atomic E-state index is -2.20. The third kappa shape index (κ3) is 9.95. The minimum Gasteiger partial charge on any atom is -0.454 e. The summed E-state index contributed by atoms with van der Waals surface area (Å²) < 4.78 is 14.5. The molecule has 0 bridgehead atoms. The molecule has 1 atom stereocenters. The number of benzene rings is 14. The van der Waals surface area contributed by atoms with E-state index in [4.69, 9.17) is 8.83 Å². The van der Waals surface area contributed by atoms with E-state index in [1.807, 2.05) is 0 Å². The Labute approximate surface area is 589 Å². The van der Waals surface area contributed by atoms with Gasteiger partial charge in [0.1, 0.15) is 19.2 Å². The summed E-state index contributed by atoms with van der Waals surface area (Å²) in [4.78, 5) is 5.01.